The zero-order chi connectivity index (χ0) is 8.81. The molecule has 0 spiro atoms. The van der Waals surface area contributed by atoms with Crippen molar-refractivity contribution in [3.05, 3.63) is 30.1 Å². The maximum absolute atomic E-state index is 12.8. The minimum absolute atomic E-state index is 0.297. The molecule has 0 aliphatic carbocycles. The van der Waals surface area contributed by atoms with Crippen LogP contribution in [0.3, 0.4) is 0 Å². The van der Waals surface area contributed by atoms with Gasteiger partial charge in [-0.1, -0.05) is 12.1 Å². The molecule has 0 bridgehead atoms. The Bertz CT molecular complexity index is 273. The van der Waals surface area contributed by atoms with Gasteiger partial charge in [0.2, 0.25) is 0 Å². The Morgan fingerprint density at radius 1 is 1.50 bits per heavy atom. The van der Waals surface area contributed by atoms with Crippen LogP contribution in [-0.4, -0.2) is 13.0 Å². The number of hydrogen-bond donors (Lipinski definition) is 0. The highest BCUT2D eigenvalue weighted by Crippen LogP contribution is 2.15. The Morgan fingerprint density at radius 3 is 2.92 bits per heavy atom. The van der Waals surface area contributed by atoms with Gasteiger partial charge in [-0.3, -0.25) is 0 Å². The number of para-hydroxylation sites is 1. The van der Waals surface area contributed by atoms with E-state index in [-0.39, 0.29) is 5.82 Å². The van der Waals surface area contributed by atoms with Crippen molar-refractivity contribution in [1.82, 2.24) is 0 Å². The molecule has 0 heterocycles. The van der Waals surface area contributed by atoms with Crippen molar-refractivity contribution in [3.63, 3.8) is 0 Å². The lowest BCUT2D eigenvalue weighted by molar-refractivity contribution is 0.344. The highest BCUT2D eigenvalue weighted by molar-refractivity contribution is 5.55. The number of hydrogen-bond acceptors (Lipinski definition) is 2. The molecule has 0 atom stereocenters. The Kier molecular flexibility index (Phi) is 3.26. The predicted octanol–water partition coefficient (Wildman–Crippen LogP) is 2.52. The van der Waals surface area contributed by atoms with Crippen LogP contribution in [0, 0.1) is 5.82 Å². The fourth-order valence-electron chi connectivity index (χ4n) is 0.725. The van der Waals surface area contributed by atoms with Gasteiger partial charge in [-0.25, -0.2) is 9.38 Å². The van der Waals surface area contributed by atoms with E-state index in [0.717, 1.165) is 0 Å². The van der Waals surface area contributed by atoms with E-state index in [1.54, 1.807) is 18.2 Å². The molecular weight excluding hydrogens is 157 g/mol. The molecule has 64 valence electrons. The van der Waals surface area contributed by atoms with Gasteiger partial charge in [-0.2, -0.15) is 0 Å². The standard InChI is InChI=1S/C9H10FNO/c1-2-12-7-11-9-6-4-3-5-8(9)10/h3-7H,2H2,1H3. The van der Waals surface area contributed by atoms with E-state index in [2.05, 4.69) is 4.99 Å². The van der Waals surface area contributed by atoms with Crippen LogP contribution >= 0.6 is 0 Å². The molecular formula is C9H10FNO. The van der Waals surface area contributed by atoms with Crippen molar-refractivity contribution < 1.29 is 9.13 Å². The number of ether oxygens (including phenoxy) is 1. The Labute approximate surface area is 70.7 Å². The van der Waals surface area contributed by atoms with Gasteiger partial charge in [0.1, 0.15) is 11.5 Å². The molecule has 0 saturated heterocycles. The Balaban J connectivity index is 2.68. The van der Waals surface area contributed by atoms with E-state index in [1.807, 2.05) is 6.92 Å². The van der Waals surface area contributed by atoms with Crippen LogP contribution in [0.5, 0.6) is 0 Å². The summed E-state index contributed by atoms with van der Waals surface area (Å²) in [6.45, 7) is 2.38. The fraction of sp³-hybridized carbons (Fsp3) is 0.222. The maximum atomic E-state index is 12.8. The van der Waals surface area contributed by atoms with E-state index >= 15 is 0 Å². The van der Waals surface area contributed by atoms with E-state index < -0.39 is 0 Å². The molecule has 1 aromatic rings. The van der Waals surface area contributed by atoms with Gasteiger partial charge in [-0.15, -0.1) is 0 Å². The molecule has 0 saturated carbocycles. The molecule has 2 nitrogen and oxygen atoms in total. The van der Waals surface area contributed by atoms with Gasteiger partial charge in [0.25, 0.3) is 0 Å². The normalized spacial score (nSPS) is 10.5. The molecule has 0 N–H and O–H groups in total. The molecule has 0 aliphatic rings. The van der Waals surface area contributed by atoms with Crippen molar-refractivity contribution >= 4 is 12.1 Å². The number of aliphatic imine (C=N–C) groups is 1. The summed E-state index contributed by atoms with van der Waals surface area (Å²) in [4.78, 5) is 3.77. The lowest BCUT2D eigenvalue weighted by atomic mass is 10.3. The Morgan fingerprint density at radius 2 is 2.25 bits per heavy atom. The molecule has 0 fully saturated rings. The molecule has 12 heavy (non-hydrogen) atoms. The number of benzene rings is 1. The van der Waals surface area contributed by atoms with Gasteiger partial charge >= 0.3 is 0 Å². The van der Waals surface area contributed by atoms with Gasteiger partial charge in [0, 0.05) is 0 Å². The van der Waals surface area contributed by atoms with E-state index in [1.165, 1.54) is 12.5 Å². The number of nitrogens with zero attached hydrogens (tertiary/aromatic N) is 1. The summed E-state index contributed by atoms with van der Waals surface area (Å²) in [6.07, 6.45) is 1.25. The summed E-state index contributed by atoms with van der Waals surface area (Å²) >= 11 is 0. The first kappa shape index (κ1) is 8.71. The maximum Gasteiger partial charge on any atom is 0.174 e. The monoisotopic (exact) mass is 167 g/mol. The summed E-state index contributed by atoms with van der Waals surface area (Å²) in [5.74, 6) is -0.339. The molecule has 0 unspecified atom stereocenters. The highest BCUT2D eigenvalue weighted by Gasteiger charge is 1.95. The van der Waals surface area contributed by atoms with Crippen LogP contribution in [0.15, 0.2) is 29.3 Å². The van der Waals surface area contributed by atoms with Crippen LogP contribution < -0.4 is 0 Å². The molecule has 1 rings (SSSR count). The second-order valence-corrected chi connectivity index (χ2v) is 2.14. The lowest BCUT2D eigenvalue weighted by Gasteiger charge is -1.94. The van der Waals surface area contributed by atoms with Crippen LogP contribution in [0.1, 0.15) is 6.92 Å². The van der Waals surface area contributed by atoms with Crippen molar-refractivity contribution in [2.75, 3.05) is 6.61 Å². The average molecular weight is 167 g/mol. The van der Waals surface area contributed by atoms with Crippen LogP contribution in [0.2, 0.25) is 0 Å². The van der Waals surface area contributed by atoms with Crippen LogP contribution in [0.4, 0.5) is 10.1 Å². The molecule has 3 heteroatoms. The topological polar surface area (TPSA) is 21.6 Å². The summed E-state index contributed by atoms with van der Waals surface area (Å²) < 4.78 is 17.7. The van der Waals surface area contributed by atoms with Crippen molar-refractivity contribution in [1.29, 1.82) is 0 Å². The second kappa shape index (κ2) is 4.49. The van der Waals surface area contributed by atoms with Crippen LogP contribution in [0.25, 0.3) is 0 Å². The third kappa shape index (κ3) is 2.34. The number of halogens is 1. The van der Waals surface area contributed by atoms with E-state index in [9.17, 15) is 4.39 Å². The van der Waals surface area contributed by atoms with Gasteiger partial charge < -0.3 is 4.74 Å². The van der Waals surface area contributed by atoms with Crippen LogP contribution in [-0.2, 0) is 4.74 Å². The summed E-state index contributed by atoms with van der Waals surface area (Å²) in [5.41, 5.74) is 0.297. The first-order chi connectivity index (χ1) is 5.84. The molecule has 0 aromatic heterocycles. The largest absolute Gasteiger partial charge is 0.483 e. The minimum atomic E-state index is -0.339. The fourth-order valence-corrected chi connectivity index (χ4v) is 0.725. The average Bonchev–Trinajstić information content (AvgIpc) is 2.09. The van der Waals surface area contributed by atoms with Crippen molar-refractivity contribution in [2.45, 2.75) is 6.92 Å². The molecule has 1 aromatic carbocycles. The first-order valence-electron chi connectivity index (χ1n) is 3.73. The Hall–Kier alpha value is -1.38. The van der Waals surface area contributed by atoms with Gasteiger partial charge in [0.15, 0.2) is 6.40 Å². The smallest absolute Gasteiger partial charge is 0.174 e. The van der Waals surface area contributed by atoms with Gasteiger partial charge in [0.05, 0.1) is 6.61 Å². The zero-order valence-electron chi connectivity index (χ0n) is 6.83. The number of rotatable bonds is 3. The quantitative estimate of drug-likeness (QED) is 0.500. The van der Waals surface area contributed by atoms with E-state index in [0.29, 0.717) is 12.3 Å². The second-order valence-electron chi connectivity index (χ2n) is 2.14. The van der Waals surface area contributed by atoms with Crippen molar-refractivity contribution in [2.24, 2.45) is 4.99 Å². The zero-order valence-corrected chi connectivity index (χ0v) is 6.83. The highest BCUT2D eigenvalue weighted by atomic mass is 19.1. The molecule has 0 aliphatic heterocycles. The third-order valence-corrected chi connectivity index (χ3v) is 1.29. The first-order valence-corrected chi connectivity index (χ1v) is 3.73. The molecule has 0 amide bonds. The third-order valence-electron chi connectivity index (χ3n) is 1.29. The van der Waals surface area contributed by atoms with Crippen molar-refractivity contribution in [3.8, 4) is 0 Å². The summed E-state index contributed by atoms with van der Waals surface area (Å²) in [7, 11) is 0. The molecule has 0 radical (unpaired) electrons. The summed E-state index contributed by atoms with van der Waals surface area (Å²) in [5, 5.41) is 0. The summed E-state index contributed by atoms with van der Waals surface area (Å²) in [6, 6.07) is 6.29. The minimum Gasteiger partial charge on any atom is -0.483 e. The predicted molar refractivity (Wildman–Crippen MR) is 46.2 cm³/mol. The lowest BCUT2D eigenvalue weighted by Crippen LogP contribution is -1.84. The SMILES string of the molecule is CCOC=Nc1ccccc1F. The van der Waals surface area contributed by atoms with E-state index in [4.69, 9.17) is 4.74 Å². The van der Waals surface area contributed by atoms with Gasteiger partial charge in [-0.05, 0) is 19.1 Å².